The molecule has 28 heavy (non-hydrogen) atoms. The SMILES string of the molecule is Cc1ccc(NC(=O)c2oc3ccccc3c2NC(=O)c2cccs2)cc1C. The van der Waals surface area contributed by atoms with Gasteiger partial charge in [-0.25, -0.2) is 0 Å². The van der Waals surface area contributed by atoms with E-state index in [9.17, 15) is 9.59 Å². The monoisotopic (exact) mass is 390 g/mol. The van der Waals surface area contributed by atoms with Crippen LogP contribution >= 0.6 is 11.3 Å². The first kappa shape index (κ1) is 18.0. The summed E-state index contributed by atoms with van der Waals surface area (Å²) in [7, 11) is 0. The van der Waals surface area contributed by atoms with Crippen LogP contribution in [0.2, 0.25) is 0 Å². The molecule has 4 aromatic rings. The van der Waals surface area contributed by atoms with E-state index in [4.69, 9.17) is 4.42 Å². The number of aryl methyl sites for hydroxylation is 2. The van der Waals surface area contributed by atoms with E-state index in [0.717, 1.165) is 11.1 Å². The van der Waals surface area contributed by atoms with Crippen LogP contribution in [0.5, 0.6) is 0 Å². The zero-order valence-electron chi connectivity index (χ0n) is 15.4. The molecule has 0 bridgehead atoms. The number of furan rings is 1. The summed E-state index contributed by atoms with van der Waals surface area (Å²) in [6.45, 7) is 4.00. The van der Waals surface area contributed by atoms with Gasteiger partial charge in [-0.2, -0.15) is 0 Å². The Hall–Kier alpha value is -3.38. The zero-order valence-corrected chi connectivity index (χ0v) is 16.2. The van der Waals surface area contributed by atoms with Crippen molar-refractivity contribution in [1.29, 1.82) is 0 Å². The van der Waals surface area contributed by atoms with E-state index in [1.807, 2.05) is 55.6 Å². The fraction of sp³-hybridized carbons (Fsp3) is 0.0909. The molecular formula is C22H18N2O3S. The second-order valence-electron chi connectivity index (χ2n) is 6.49. The van der Waals surface area contributed by atoms with E-state index < -0.39 is 5.91 Å². The van der Waals surface area contributed by atoms with Crippen LogP contribution in [0, 0.1) is 13.8 Å². The fourth-order valence-corrected chi connectivity index (χ4v) is 3.54. The van der Waals surface area contributed by atoms with Gasteiger partial charge in [-0.15, -0.1) is 11.3 Å². The number of rotatable bonds is 4. The average molecular weight is 390 g/mol. The third-order valence-electron chi connectivity index (χ3n) is 4.55. The van der Waals surface area contributed by atoms with Crippen molar-refractivity contribution in [3.8, 4) is 0 Å². The summed E-state index contributed by atoms with van der Waals surface area (Å²) < 4.78 is 5.78. The molecule has 0 fully saturated rings. The number of thiophene rings is 1. The molecule has 0 aliphatic rings. The molecule has 0 spiro atoms. The molecule has 2 amide bonds. The molecule has 0 atom stereocenters. The molecule has 2 N–H and O–H groups in total. The quantitative estimate of drug-likeness (QED) is 0.475. The first-order chi connectivity index (χ1) is 13.5. The molecular weight excluding hydrogens is 372 g/mol. The normalized spacial score (nSPS) is 10.8. The third-order valence-corrected chi connectivity index (χ3v) is 5.42. The Balaban J connectivity index is 1.70. The third kappa shape index (κ3) is 3.42. The first-order valence-electron chi connectivity index (χ1n) is 8.78. The highest BCUT2D eigenvalue weighted by atomic mass is 32.1. The van der Waals surface area contributed by atoms with Crippen LogP contribution in [0.3, 0.4) is 0 Å². The lowest BCUT2D eigenvalue weighted by molar-refractivity contribution is 0.1000. The van der Waals surface area contributed by atoms with Crippen LogP contribution in [0.4, 0.5) is 11.4 Å². The van der Waals surface area contributed by atoms with Gasteiger partial charge in [0.15, 0.2) is 0 Å². The summed E-state index contributed by atoms with van der Waals surface area (Å²) in [6, 6.07) is 16.5. The average Bonchev–Trinajstić information content (AvgIpc) is 3.33. The molecule has 4 rings (SSSR count). The van der Waals surface area contributed by atoms with Crippen molar-refractivity contribution in [2.75, 3.05) is 10.6 Å². The summed E-state index contributed by atoms with van der Waals surface area (Å²) in [4.78, 5) is 26.0. The fourth-order valence-electron chi connectivity index (χ4n) is 2.92. The number of carbonyl (C=O) groups excluding carboxylic acids is 2. The number of benzene rings is 2. The maximum Gasteiger partial charge on any atom is 0.293 e. The minimum absolute atomic E-state index is 0.0735. The molecule has 2 heterocycles. The molecule has 0 saturated carbocycles. The lowest BCUT2D eigenvalue weighted by Gasteiger charge is -2.08. The van der Waals surface area contributed by atoms with Crippen LogP contribution in [0.15, 0.2) is 64.4 Å². The standard InChI is InChI=1S/C22H18N2O3S/c1-13-9-10-15(12-14(13)2)23-22(26)20-19(16-6-3-4-7-17(16)27-20)24-21(25)18-8-5-11-28-18/h3-12H,1-2H3,(H,23,26)(H,24,25). The highest BCUT2D eigenvalue weighted by molar-refractivity contribution is 7.12. The molecule has 5 nitrogen and oxygen atoms in total. The number of fused-ring (bicyclic) bond motifs is 1. The van der Waals surface area contributed by atoms with Crippen LogP contribution < -0.4 is 10.6 Å². The van der Waals surface area contributed by atoms with Crippen molar-refractivity contribution in [2.45, 2.75) is 13.8 Å². The van der Waals surface area contributed by atoms with Crippen molar-refractivity contribution in [1.82, 2.24) is 0 Å². The zero-order chi connectivity index (χ0) is 19.7. The summed E-state index contributed by atoms with van der Waals surface area (Å²) >= 11 is 1.33. The van der Waals surface area contributed by atoms with Gasteiger partial charge in [0.25, 0.3) is 11.8 Å². The molecule has 0 unspecified atom stereocenters. The van der Waals surface area contributed by atoms with Crippen molar-refractivity contribution in [3.63, 3.8) is 0 Å². The maximum absolute atomic E-state index is 12.9. The Bertz CT molecular complexity index is 1180. The van der Waals surface area contributed by atoms with Gasteiger partial charge in [0.05, 0.1) is 4.88 Å². The Morgan fingerprint density at radius 1 is 0.893 bits per heavy atom. The lowest BCUT2D eigenvalue weighted by Crippen LogP contribution is -2.16. The van der Waals surface area contributed by atoms with Crippen molar-refractivity contribution < 1.29 is 14.0 Å². The van der Waals surface area contributed by atoms with Gasteiger partial charge in [0.1, 0.15) is 11.3 Å². The van der Waals surface area contributed by atoms with Crippen molar-refractivity contribution in [2.24, 2.45) is 0 Å². The Morgan fingerprint density at radius 3 is 2.46 bits per heavy atom. The Morgan fingerprint density at radius 2 is 1.71 bits per heavy atom. The predicted molar refractivity (Wildman–Crippen MR) is 112 cm³/mol. The summed E-state index contributed by atoms with van der Waals surface area (Å²) in [5.41, 5.74) is 3.80. The number of para-hydroxylation sites is 1. The van der Waals surface area contributed by atoms with Gasteiger partial charge >= 0.3 is 0 Å². The molecule has 0 aliphatic carbocycles. The van der Waals surface area contributed by atoms with E-state index in [1.165, 1.54) is 11.3 Å². The molecule has 0 radical (unpaired) electrons. The second kappa shape index (κ2) is 7.32. The number of hydrogen-bond acceptors (Lipinski definition) is 4. The van der Waals surface area contributed by atoms with E-state index in [-0.39, 0.29) is 11.7 Å². The number of carbonyl (C=O) groups is 2. The molecule has 0 saturated heterocycles. The highest BCUT2D eigenvalue weighted by Gasteiger charge is 2.23. The summed E-state index contributed by atoms with van der Waals surface area (Å²) in [5.74, 6) is -0.618. The first-order valence-corrected chi connectivity index (χ1v) is 9.66. The molecule has 0 aliphatic heterocycles. The van der Waals surface area contributed by atoms with Crippen LogP contribution in [-0.2, 0) is 0 Å². The van der Waals surface area contributed by atoms with E-state index in [0.29, 0.717) is 27.2 Å². The molecule has 2 aromatic heterocycles. The number of hydrogen-bond donors (Lipinski definition) is 2. The number of amides is 2. The Kier molecular flexibility index (Phi) is 4.71. The lowest BCUT2D eigenvalue weighted by atomic mass is 10.1. The van der Waals surface area contributed by atoms with Gasteiger partial charge in [0.2, 0.25) is 5.76 Å². The topological polar surface area (TPSA) is 71.3 Å². The Labute approximate surface area is 166 Å². The summed E-state index contributed by atoms with van der Waals surface area (Å²) in [5, 5.41) is 8.20. The van der Waals surface area contributed by atoms with Crippen LogP contribution in [0.1, 0.15) is 31.4 Å². The maximum atomic E-state index is 12.9. The van der Waals surface area contributed by atoms with Crippen LogP contribution in [0.25, 0.3) is 11.0 Å². The number of nitrogens with one attached hydrogen (secondary N) is 2. The van der Waals surface area contributed by atoms with Crippen molar-refractivity contribution in [3.05, 3.63) is 81.7 Å². The van der Waals surface area contributed by atoms with Gasteiger partial charge in [-0.3, -0.25) is 9.59 Å². The molecule has 6 heteroatoms. The van der Waals surface area contributed by atoms with Gasteiger partial charge in [-0.1, -0.05) is 24.3 Å². The minimum Gasteiger partial charge on any atom is -0.449 e. The smallest absolute Gasteiger partial charge is 0.293 e. The van der Waals surface area contributed by atoms with E-state index >= 15 is 0 Å². The molecule has 2 aromatic carbocycles. The van der Waals surface area contributed by atoms with Gasteiger partial charge < -0.3 is 15.1 Å². The van der Waals surface area contributed by atoms with Gasteiger partial charge in [-0.05, 0) is 60.7 Å². The van der Waals surface area contributed by atoms with Crippen LogP contribution in [-0.4, -0.2) is 11.8 Å². The largest absolute Gasteiger partial charge is 0.449 e. The van der Waals surface area contributed by atoms with Crippen molar-refractivity contribution >= 4 is 45.5 Å². The highest BCUT2D eigenvalue weighted by Crippen LogP contribution is 2.32. The molecule has 140 valence electrons. The van der Waals surface area contributed by atoms with Gasteiger partial charge in [0, 0.05) is 11.1 Å². The minimum atomic E-state index is -0.416. The van der Waals surface area contributed by atoms with E-state index in [1.54, 1.807) is 18.2 Å². The second-order valence-corrected chi connectivity index (χ2v) is 7.43. The predicted octanol–water partition coefficient (Wildman–Crippen LogP) is 5.62. The van der Waals surface area contributed by atoms with E-state index in [2.05, 4.69) is 10.6 Å². The number of anilines is 2. The summed E-state index contributed by atoms with van der Waals surface area (Å²) in [6.07, 6.45) is 0.